The first kappa shape index (κ1) is 15.0. The minimum atomic E-state index is -0.505. The number of ether oxygens (including phenoxy) is 3. The van der Waals surface area contributed by atoms with Crippen LogP contribution in [0.2, 0.25) is 0 Å². The second-order valence-corrected chi connectivity index (χ2v) is 4.58. The molecule has 0 aliphatic heterocycles. The van der Waals surface area contributed by atoms with Gasteiger partial charge in [0.2, 0.25) is 12.6 Å². The van der Waals surface area contributed by atoms with E-state index >= 15 is 0 Å². The van der Waals surface area contributed by atoms with Gasteiger partial charge in [-0.05, 0) is 38.1 Å². The van der Waals surface area contributed by atoms with E-state index in [9.17, 15) is 0 Å². The second-order valence-electron chi connectivity index (χ2n) is 4.58. The third-order valence-corrected chi connectivity index (χ3v) is 2.81. The van der Waals surface area contributed by atoms with Gasteiger partial charge in [0.1, 0.15) is 11.5 Å². The highest BCUT2D eigenvalue weighted by Gasteiger charge is 2.13. The van der Waals surface area contributed by atoms with Gasteiger partial charge in [0, 0.05) is 0 Å². The minimum absolute atomic E-state index is 0.505. The van der Waals surface area contributed by atoms with Gasteiger partial charge in [-0.1, -0.05) is 24.3 Å². The van der Waals surface area contributed by atoms with E-state index in [0.29, 0.717) is 22.9 Å². The fourth-order valence-corrected chi connectivity index (χ4v) is 1.86. The second kappa shape index (κ2) is 6.85. The summed E-state index contributed by atoms with van der Waals surface area (Å²) in [5.41, 5.74) is 12.8. The number of hydrogen-bond acceptors (Lipinski definition) is 5. The molecule has 5 nitrogen and oxygen atoms in total. The molecule has 0 aliphatic carbocycles. The summed E-state index contributed by atoms with van der Waals surface area (Å²) in [4.78, 5) is 0. The van der Waals surface area contributed by atoms with E-state index < -0.39 is 12.6 Å². The van der Waals surface area contributed by atoms with Gasteiger partial charge in [-0.25, -0.2) is 0 Å². The average molecular weight is 288 g/mol. The summed E-state index contributed by atoms with van der Waals surface area (Å²) < 4.78 is 16.9. The molecule has 0 saturated heterocycles. The molecule has 4 N–H and O–H groups in total. The monoisotopic (exact) mass is 288 g/mol. The SMILES string of the molecule is CC(Oc1ccccc1N)OC(C)Oc1ccccc1N. The molecule has 0 spiro atoms. The summed E-state index contributed by atoms with van der Waals surface area (Å²) in [6.07, 6.45) is -1.01. The van der Waals surface area contributed by atoms with Gasteiger partial charge in [0.25, 0.3) is 0 Å². The maximum atomic E-state index is 5.81. The van der Waals surface area contributed by atoms with Crippen molar-refractivity contribution in [1.29, 1.82) is 0 Å². The zero-order valence-corrected chi connectivity index (χ0v) is 12.2. The topological polar surface area (TPSA) is 79.7 Å². The van der Waals surface area contributed by atoms with Crippen LogP contribution >= 0.6 is 0 Å². The number of nitrogen functional groups attached to an aromatic ring is 2. The molecular weight excluding hydrogens is 268 g/mol. The Morgan fingerprint density at radius 1 is 0.714 bits per heavy atom. The fraction of sp³-hybridized carbons (Fsp3) is 0.250. The molecule has 0 amide bonds. The van der Waals surface area contributed by atoms with Crippen LogP contribution in [0, 0.1) is 0 Å². The quantitative estimate of drug-likeness (QED) is 0.631. The summed E-state index contributed by atoms with van der Waals surface area (Å²) in [6, 6.07) is 14.5. The lowest BCUT2D eigenvalue weighted by atomic mass is 10.3. The van der Waals surface area contributed by atoms with Crippen molar-refractivity contribution in [2.75, 3.05) is 11.5 Å². The first-order chi connectivity index (χ1) is 10.1. The van der Waals surface area contributed by atoms with E-state index in [1.54, 1.807) is 38.1 Å². The van der Waals surface area contributed by atoms with Crippen LogP contribution in [0.1, 0.15) is 13.8 Å². The Hall–Kier alpha value is -2.40. The Labute approximate surface area is 124 Å². The van der Waals surface area contributed by atoms with Crippen molar-refractivity contribution in [2.24, 2.45) is 0 Å². The summed E-state index contributed by atoms with van der Waals surface area (Å²) in [5, 5.41) is 0. The van der Waals surface area contributed by atoms with E-state index in [1.165, 1.54) is 0 Å². The normalized spacial score (nSPS) is 13.4. The van der Waals surface area contributed by atoms with Crippen molar-refractivity contribution >= 4 is 11.4 Å². The van der Waals surface area contributed by atoms with Crippen molar-refractivity contribution in [3.63, 3.8) is 0 Å². The van der Waals surface area contributed by atoms with Crippen LogP contribution in [0.4, 0.5) is 11.4 Å². The van der Waals surface area contributed by atoms with Gasteiger partial charge in [-0.2, -0.15) is 0 Å². The molecule has 0 radical (unpaired) electrons. The van der Waals surface area contributed by atoms with Crippen molar-refractivity contribution in [3.8, 4) is 11.5 Å². The molecule has 0 saturated carbocycles. The molecule has 5 heteroatoms. The Kier molecular flexibility index (Phi) is 4.90. The number of para-hydroxylation sites is 4. The van der Waals surface area contributed by atoms with Crippen LogP contribution in [-0.4, -0.2) is 12.6 Å². The van der Waals surface area contributed by atoms with Gasteiger partial charge in [0.05, 0.1) is 11.4 Å². The van der Waals surface area contributed by atoms with Crippen LogP contribution < -0.4 is 20.9 Å². The number of rotatable bonds is 6. The fourth-order valence-electron chi connectivity index (χ4n) is 1.86. The Morgan fingerprint density at radius 2 is 1.10 bits per heavy atom. The van der Waals surface area contributed by atoms with Crippen LogP contribution in [0.3, 0.4) is 0 Å². The zero-order valence-electron chi connectivity index (χ0n) is 12.2. The van der Waals surface area contributed by atoms with Crippen LogP contribution in [0.5, 0.6) is 11.5 Å². The molecule has 0 aliphatic rings. The number of anilines is 2. The van der Waals surface area contributed by atoms with Gasteiger partial charge < -0.3 is 25.7 Å². The van der Waals surface area contributed by atoms with Crippen molar-refractivity contribution in [3.05, 3.63) is 48.5 Å². The van der Waals surface area contributed by atoms with E-state index in [1.807, 2.05) is 24.3 Å². The number of hydrogen-bond donors (Lipinski definition) is 2. The molecule has 0 heterocycles. The highest BCUT2D eigenvalue weighted by atomic mass is 16.8. The molecule has 0 bridgehead atoms. The third-order valence-electron chi connectivity index (χ3n) is 2.81. The van der Waals surface area contributed by atoms with Crippen LogP contribution in [-0.2, 0) is 4.74 Å². The average Bonchev–Trinajstić information content (AvgIpc) is 2.44. The predicted octanol–water partition coefficient (Wildman–Crippen LogP) is 3.02. The summed E-state index contributed by atoms with van der Waals surface area (Å²) >= 11 is 0. The van der Waals surface area contributed by atoms with E-state index in [-0.39, 0.29) is 0 Å². The standard InChI is InChI=1S/C16H20N2O3/c1-11(20-15-9-5-3-7-13(15)17)19-12(2)21-16-10-6-4-8-14(16)18/h3-12H,17-18H2,1-2H3. The first-order valence-corrected chi connectivity index (χ1v) is 6.74. The molecule has 21 heavy (non-hydrogen) atoms. The molecule has 2 atom stereocenters. The van der Waals surface area contributed by atoms with Crippen LogP contribution in [0.15, 0.2) is 48.5 Å². The lowest BCUT2D eigenvalue weighted by Gasteiger charge is -2.22. The zero-order chi connectivity index (χ0) is 15.2. The number of benzene rings is 2. The molecule has 2 rings (SSSR count). The maximum absolute atomic E-state index is 5.81. The molecule has 0 fully saturated rings. The molecule has 2 aromatic carbocycles. The highest BCUT2D eigenvalue weighted by Crippen LogP contribution is 2.24. The van der Waals surface area contributed by atoms with Crippen molar-refractivity contribution < 1.29 is 14.2 Å². The Morgan fingerprint density at radius 3 is 1.48 bits per heavy atom. The van der Waals surface area contributed by atoms with Crippen molar-refractivity contribution in [2.45, 2.75) is 26.4 Å². The Bertz CT molecular complexity index is 538. The van der Waals surface area contributed by atoms with Crippen molar-refractivity contribution in [1.82, 2.24) is 0 Å². The molecule has 112 valence electrons. The van der Waals surface area contributed by atoms with E-state index in [0.717, 1.165) is 0 Å². The van der Waals surface area contributed by atoms with E-state index in [2.05, 4.69) is 0 Å². The molecule has 0 aromatic heterocycles. The summed E-state index contributed by atoms with van der Waals surface area (Å²) in [7, 11) is 0. The Balaban J connectivity index is 1.89. The summed E-state index contributed by atoms with van der Waals surface area (Å²) in [5.74, 6) is 1.16. The van der Waals surface area contributed by atoms with Gasteiger partial charge >= 0.3 is 0 Å². The lowest BCUT2D eigenvalue weighted by molar-refractivity contribution is -0.167. The molecular formula is C16H20N2O3. The minimum Gasteiger partial charge on any atom is -0.463 e. The van der Waals surface area contributed by atoms with Gasteiger partial charge in [-0.15, -0.1) is 0 Å². The predicted molar refractivity (Wildman–Crippen MR) is 83.0 cm³/mol. The molecule has 2 aromatic rings. The van der Waals surface area contributed by atoms with Crippen LogP contribution in [0.25, 0.3) is 0 Å². The van der Waals surface area contributed by atoms with Gasteiger partial charge in [0.15, 0.2) is 0 Å². The highest BCUT2D eigenvalue weighted by molar-refractivity contribution is 5.52. The lowest BCUT2D eigenvalue weighted by Crippen LogP contribution is -2.26. The number of nitrogens with two attached hydrogens (primary N) is 2. The third kappa shape index (κ3) is 4.29. The van der Waals surface area contributed by atoms with E-state index in [4.69, 9.17) is 25.7 Å². The van der Waals surface area contributed by atoms with Gasteiger partial charge in [-0.3, -0.25) is 0 Å². The first-order valence-electron chi connectivity index (χ1n) is 6.74. The largest absolute Gasteiger partial charge is 0.463 e. The summed E-state index contributed by atoms with van der Waals surface area (Å²) in [6.45, 7) is 3.56. The molecule has 2 unspecified atom stereocenters. The maximum Gasteiger partial charge on any atom is 0.200 e. The smallest absolute Gasteiger partial charge is 0.200 e.